The normalized spacial score (nSPS) is 10.2. The molecule has 9 heteroatoms. The fourth-order valence-corrected chi connectivity index (χ4v) is 1.98. The van der Waals surface area contributed by atoms with Crippen molar-refractivity contribution >= 4 is 28.7 Å². The number of aromatic nitrogens is 3. The Bertz CT molecular complexity index is 858. The van der Waals surface area contributed by atoms with Gasteiger partial charge in [0.05, 0.1) is 4.92 Å². The van der Waals surface area contributed by atoms with Gasteiger partial charge < -0.3 is 10.6 Å². The maximum atomic E-state index is 13.0. The number of rotatable bonds is 5. The van der Waals surface area contributed by atoms with E-state index in [2.05, 4.69) is 25.6 Å². The van der Waals surface area contributed by atoms with E-state index in [1.807, 2.05) is 0 Å². The molecule has 0 saturated heterocycles. The van der Waals surface area contributed by atoms with Gasteiger partial charge in [0.25, 0.3) is 0 Å². The third-order valence-electron chi connectivity index (χ3n) is 3.05. The number of benzene rings is 1. The van der Waals surface area contributed by atoms with Crippen LogP contribution in [0, 0.1) is 15.9 Å². The second kappa shape index (κ2) is 6.65. The molecule has 0 atom stereocenters. The molecule has 2 heterocycles. The fraction of sp³-hybridized carbons (Fsp3) is 0. The standard InChI is InChI=1S/C15H11FN6O2/c16-10-1-3-11(4-2-10)20-14-13(22(23)24)15(19-9-18-14)21-12-5-7-17-8-6-12/h1-9H,(H2,17,18,19,20,21). The lowest BCUT2D eigenvalue weighted by Crippen LogP contribution is -2.05. The molecule has 0 unspecified atom stereocenters. The predicted octanol–water partition coefficient (Wildman–Crippen LogP) is 3.41. The number of nitrogens with one attached hydrogen (secondary N) is 2. The van der Waals surface area contributed by atoms with Crippen molar-refractivity contribution in [1.29, 1.82) is 0 Å². The van der Waals surface area contributed by atoms with Gasteiger partial charge in [-0.1, -0.05) is 0 Å². The van der Waals surface area contributed by atoms with Crippen LogP contribution >= 0.6 is 0 Å². The van der Waals surface area contributed by atoms with Crippen molar-refractivity contribution in [1.82, 2.24) is 15.0 Å². The van der Waals surface area contributed by atoms with Gasteiger partial charge in [0.15, 0.2) is 0 Å². The maximum Gasteiger partial charge on any atom is 0.353 e. The van der Waals surface area contributed by atoms with Crippen molar-refractivity contribution in [3.63, 3.8) is 0 Å². The van der Waals surface area contributed by atoms with Crippen LogP contribution < -0.4 is 10.6 Å². The van der Waals surface area contributed by atoms with Crippen molar-refractivity contribution in [2.24, 2.45) is 0 Å². The van der Waals surface area contributed by atoms with E-state index in [1.165, 1.54) is 30.6 Å². The van der Waals surface area contributed by atoms with Crippen LogP contribution in [-0.4, -0.2) is 19.9 Å². The monoisotopic (exact) mass is 326 g/mol. The lowest BCUT2D eigenvalue weighted by Gasteiger charge is -2.10. The van der Waals surface area contributed by atoms with Crippen molar-refractivity contribution in [3.05, 3.63) is 71.1 Å². The number of anilines is 4. The highest BCUT2D eigenvalue weighted by molar-refractivity contribution is 5.76. The zero-order valence-corrected chi connectivity index (χ0v) is 12.2. The lowest BCUT2D eigenvalue weighted by molar-refractivity contribution is -0.383. The molecule has 0 radical (unpaired) electrons. The van der Waals surface area contributed by atoms with E-state index in [9.17, 15) is 14.5 Å². The first-order valence-electron chi connectivity index (χ1n) is 6.82. The van der Waals surface area contributed by atoms with Crippen LogP contribution in [0.2, 0.25) is 0 Å². The van der Waals surface area contributed by atoms with E-state index in [0.29, 0.717) is 11.4 Å². The van der Waals surface area contributed by atoms with Gasteiger partial charge in [0.2, 0.25) is 11.6 Å². The summed E-state index contributed by atoms with van der Waals surface area (Å²) in [5.41, 5.74) is 0.742. The van der Waals surface area contributed by atoms with Crippen LogP contribution in [0.15, 0.2) is 55.1 Å². The van der Waals surface area contributed by atoms with Gasteiger partial charge in [0, 0.05) is 23.8 Å². The molecule has 1 aromatic carbocycles. The molecule has 24 heavy (non-hydrogen) atoms. The molecule has 0 fully saturated rings. The quantitative estimate of drug-likeness (QED) is 0.546. The largest absolute Gasteiger partial charge is 0.353 e. The predicted molar refractivity (Wildman–Crippen MR) is 85.9 cm³/mol. The maximum absolute atomic E-state index is 13.0. The summed E-state index contributed by atoms with van der Waals surface area (Å²) in [5, 5.41) is 17.1. The summed E-state index contributed by atoms with van der Waals surface area (Å²) < 4.78 is 13.0. The SMILES string of the molecule is O=[N+]([O-])c1c(Nc2ccncc2)ncnc1Nc1ccc(F)cc1. The van der Waals surface area contributed by atoms with Crippen molar-refractivity contribution < 1.29 is 9.31 Å². The van der Waals surface area contributed by atoms with Gasteiger partial charge in [-0.2, -0.15) is 0 Å². The Morgan fingerprint density at radius 1 is 0.917 bits per heavy atom. The summed E-state index contributed by atoms with van der Waals surface area (Å²) in [6.45, 7) is 0. The molecule has 3 aromatic rings. The molecule has 0 saturated carbocycles. The number of nitro groups is 1. The zero-order chi connectivity index (χ0) is 16.9. The molecule has 3 rings (SSSR count). The number of nitrogens with zero attached hydrogens (tertiary/aromatic N) is 4. The fourth-order valence-electron chi connectivity index (χ4n) is 1.98. The lowest BCUT2D eigenvalue weighted by atomic mass is 10.3. The highest BCUT2D eigenvalue weighted by Gasteiger charge is 2.23. The van der Waals surface area contributed by atoms with E-state index in [4.69, 9.17) is 0 Å². The first kappa shape index (κ1) is 15.3. The van der Waals surface area contributed by atoms with Crippen LogP contribution in [0.25, 0.3) is 0 Å². The minimum absolute atomic E-state index is 0.00170. The summed E-state index contributed by atoms with van der Waals surface area (Å²) in [6.07, 6.45) is 4.29. The Balaban J connectivity index is 1.96. The van der Waals surface area contributed by atoms with E-state index in [1.54, 1.807) is 24.5 Å². The average molecular weight is 326 g/mol. The Kier molecular flexibility index (Phi) is 4.23. The van der Waals surface area contributed by atoms with Gasteiger partial charge in [0.1, 0.15) is 12.1 Å². The summed E-state index contributed by atoms with van der Waals surface area (Å²) >= 11 is 0. The molecule has 0 spiro atoms. The van der Waals surface area contributed by atoms with Crippen molar-refractivity contribution in [3.8, 4) is 0 Å². The molecular formula is C15H11FN6O2. The van der Waals surface area contributed by atoms with E-state index in [0.717, 1.165) is 0 Å². The van der Waals surface area contributed by atoms with Gasteiger partial charge in [-0.15, -0.1) is 0 Å². The minimum Gasteiger partial charge on any atom is -0.334 e. The highest BCUT2D eigenvalue weighted by Crippen LogP contribution is 2.32. The third kappa shape index (κ3) is 3.40. The first-order valence-corrected chi connectivity index (χ1v) is 6.82. The van der Waals surface area contributed by atoms with E-state index in [-0.39, 0.29) is 17.3 Å². The number of halogens is 1. The topological polar surface area (TPSA) is 106 Å². The van der Waals surface area contributed by atoms with E-state index < -0.39 is 10.7 Å². The van der Waals surface area contributed by atoms with Crippen molar-refractivity contribution in [2.45, 2.75) is 0 Å². The third-order valence-corrected chi connectivity index (χ3v) is 3.05. The van der Waals surface area contributed by atoms with Crippen LogP contribution in [0.5, 0.6) is 0 Å². The highest BCUT2D eigenvalue weighted by atomic mass is 19.1. The summed E-state index contributed by atoms with van der Waals surface area (Å²) in [4.78, 5) is 22.6. The molecule has 2 N–H and O–H groups in total. The van der Waals surface area contributed by atoms with Crippen LogP contribution in [0.1, 0.15) is 0 Å². The minimum atomic E-state index is -0.588. The number of hydrogen-bond donors (Lipinski definition) is 2. The average Bonchev–Trinajstić information content (AvgIpc) is 2.58. The second-order valence-electron chi connectivity index (χ2n) is 4.67. The van der Waals surface area contributed by atoms with Gasteiger partial charge >= 0.3 is 5.69 Å². The Morgan fingerprint density at radius 3 is 2.00 bits per heavy atom. The molecule has 0 aliphatic rings. The van der Waals surface area contributed by atoms with E-state index >= 15 is 0 Å². The zero-order valence-electron chi connectivity index (χ0n) is 12.2. The van der Waals surface area contributed by atoms with Gasteiger partial charge in [-0.25, -0.2) is 14.4 Å². The Labute approximate surface area is 135 Å². The molecule has 0 aliphatic heterocycles. The molecule has 0 aliphatic carbocycles. The smallest absolute Gasteiger partial charge is 0.334 e. The Morgan fingerprint density at radius 2 is 1.46 bits per heavy atom. The first-order chi connectivity index (χ1) is 11.6. The number of hydrogen-bond acceptors (Lipinski definition) is 7. The number of pyridine rings is 1. The van der Waals surface area contributed by atoms with Crippen LogP contribution in [0.3, 0.4) is 0 Å². The molecule has 0 bridgehead atoms. The Hall–Kier alpha value is -3.62. The summed E-state index contributed by atoms with van der Waals surface area (Å²) in [5.74, 6) is -0.373. The van der Waals surface area contributed by atoms with Gasteiger partial charge in [-0.3, -0.25) is 15.1 Å². The van der Waals surface area contributed by atoms with Crippen molar-refractivity contribution in [2.75, 3.05) is 10.6 Å². The van der Waals surface area contributed by atoms with Gasteiger partial charge in [-0.05, 0) is 36.4 Å². The second-order valence-corrected chi connectivity index (χ2v) is 4.67. The van der Waals surface area contributed by atoms with Crippen LogP contribution in [-0.2, 0) is 0 Å². The molecule has 8 nitrogen and oxygen atoms in total. The summed E-state index contributed by atoms with van der Waals surface area (Å²) in [6, 6.07) is 8.70. The molecule has 0 amide bonds. The summed E-state index contributed by atoms with van der Waals surface area (Å²) in [7, 11) is 0. The molecule has 2 aromatic heterocycles. The molecule has 120 valence electrons. The van der Waals surface area contributed by atoms with Crippen LogP contribution in [0.4, 0.5) is 33.1 Å². The molecular weight excluding hydrogens is 315 g/mol.